The highest BCUT2D eigenvalue weighted by Crippen LogP contribution is 2.96. The van der Waals surface area contributed by atoms with E-state index in [0.717, 1.165) is 12.3 Å². The molecule has 0 spiro atoms. The summed E-state index contributed by atoms with van der Waals surface area (Å²) in [6.45, 7) is 0. The molecule has 8 unspecified atom stereocenters. The molecule has 3 nitrogen and oxygen atoms in total. The Labute approximate surface area is 87.2 Å². The summed E-state index contributed by atoms with van der Waals surface area (Å²) in [5, 5.41) is 0. The molecule has 0 radical (unpaired) electrons. The van der Waals surface area contributed by atoms with Crippen LogP contribution in [0.4, 0.5) is 0 Å². The Hall–Kier alpha value is -0.860. The van der Waals surface area contributed by atoms with Crippen LogP contribution in [0.5, 0.6) is 0 Å². The quantitative estimate of drug-likeness (QED) is 0.584. The first-order valence-corrected chi connectivity index (χ1v) is 5.85. The van der Waals surface area contributed by atoms with E-state index < -0.39 is 0 Å². The number of rotatable bonds is 1. The maximum Gasteiger partial charge on any atom is 0.312 e. The van der Waals surface area contributed by atoms with Gasteiger partial charge in [-0.15, -0.1) is 0 Å². The number of fused-ring (bicyclic) bond motifs is 1. The predicted molar refractivity (Wildman–Crippen MR) is 48.5 cm³/mol. The summed E-state index contributed by atoms with van der Waals surface area (Å²) in [4.78, 5) is 23.8. The second-order valence-electron chi connectivity index (χ2n) is 6.02. The maximum absolute atomic E-state index is 11.9. The summed E-state index contributed by atoms with van der Waals surface area (Å²) in [5.74, 6) is 4.05. The number of ether oxygens (including phenoxy) is 1. The van der Waals surface area contributed by atoms with Gasteiger partial charge in [-0.2, -0.15) is 0 Å². The molecule has 2 bridgehead atoms. The van der Waals surface area contributed by atoms with Gasteiger partial charge in [0.1, 0.15) is 5.78 Å². The third-order valence-corrected chi connectivity index (χ3v) is 6.17. The average Bonchev–Trinajstić information content (AvgIpc) is 3.06. The SMILES string of the molecule is COC(=O)C12C3C4C5CC(=O)C(C43)C1C52. The van der Waals surface area contributed by atoms with Crippen molar-refractivity contribution < 1.29 is 14.3 Å². The minimum Gasteiger partial charge on any atom is -0.469 e. The smallest absolute Gasteiger partial charge is 0.312 e. The lowest BCUT2D eigenvalue weighted by molar-refractivity contribution is -0.148. The second-order valence-corrected chi connectivity index (χ2v) is 6.02. The van der Waals surface area contributed by atoms with Crippen molar-refractivity contribution in [2.24, 2.45) is 46.8 Å². The van der Waals surface area contributed by atoms with Crippen LogP contribution in [-0.2, 0) is 14.3 Å². The van der Waals surface area contributed by atoms with Crippen molar-refractivity contribution in [1.82, 2.24) is 0 Å². The van der Waals surface area contributed by atoms with Crippen LogP contribution in [0.1, 0.15) is 6.42 Å². The minimum atomic E-state index is -0.161. The zero-order valence-electron chi connectivity index (χ0n) is 8.47. The molecule has 0 saturated heterocycles. The van der Waals surface area contributed by atoms with Gasteiger partial charge in [-0.25, -0.2) is 0 Å². The molecule has 6 saturated carbocycles. The first-order valence-electron chi connectivity index (χ1n) is 5.85. The van der Waals surface area contributed by atoms with Crippen LogP contribution in [0.15, 0.2) is 0 Å². The molecule has 0 aliphatic heterocycles. The largest absolute Gasteiger partial charge is 0.469 e. The van der Waals surface area contributed by atoms with Crippen LogP contribution >= 0.6 is 0 Å². The third-order valence-electron chi connectivity index (χ3n) is 6.17. The second kappa shape index (κ2) is 1.66. The van der Waals surface area contributed by atoms with Crippen molar-refractivity contribution in [3.63, 3.8) is 0 Å². The number of methoxy groups -OCH3 is 1. The fourth-order valence-corrected chi connectivity index (χ4v) is 6.17. The number of carbonyl (C=O) groups is 2. The fraction of sp³-hybridized carbons (Fsp3) is 0.833. The van der Waals surface area contributed by atoms with Crippen LogP contribution in [0.2, 0.25) is 0 Å². The van der Waals surface area contributed by atoms with Crippen molar-refractivity contribution in [3.8, 4) is 0 Å². The van der Waals surface area contributed by atoms with E-state index in [4.69, 9.17) is 4.74 Å². The Balaban J connectivity index is 1.72. The van der Waals surface area contributed by atoms with E-state index in [1.807, 2.05) is 0 Å². The predicted octanol–water partition coefficient (Wildman–Crippen LogP) is 0.486. The van der Waals surface area contributed by atoms with Crippen molar-refractivity contribution in [2.45, 2.75) is 6.42 Å². The summed E-state index contributed by atoms with van der Waals surface area (Å²) in [6, 6.07) is 0. The zero-order chi connectivity index (χ0) is 10.1. The lowest BCUT2D eigenvalue weighted by Crippen LogP contribution is -2.35. The van der Waals surface area contributed by atoms with Gasteiger partial charge in [0.2, 0.25) is 0 Å². The van der Waals surface area contributed by atoms with Crippen LogP contribution in [0, 0.1) is 46.8 Å². The standard InChI is InChI=1S/C12H12O3/c1-15-11(14)12-8-3-2-4(13)6(10(8)12)7-5(3)9(7)12/h3,5-10H,2H2,1H3. The van der Waals surface area contributed by atoms with Gasteiger partial charge in [-0.3, -0.25) is 9.59 Å². The fourth-order valence-electron chi connectivity index (χ4n) is 6.17. The molecule has 0 aromatic rings. The van der Waals surface area contributed by atoms with Gasteiger partial charge in [0.05, 0.1) is 12.5 Å². The first kappa shape index (κ1) is 7.42. The van der Waals surface area contributed by atoms with Gasteiger partial charge in [0, 0.05) is 12.3 Å². The molecule has 78 valence electrons. The molecule has 3 heteroatoms. The summed E-state index contributed by atoms with van der Waals surface area (Å²) in [5.41, 5.74) is -0.161. The van der Waals surface area contributed by atoms with Crippen molar-refractivity contribution in [2.75, 3.05) is 7.11 Å². The number of carbonyl (C=O) groups excluding carboxylic acids is 2. The Bertz CT molecular complexity index is 438. The van der Waals surface area contributed by atoms with E-state index in [2.05, 4.69) is 0 Å². The highest BCUT2D eigenvalue weighted by Gasteiger charge is 2.99. The summed E-state index contributed by atoms with van der Waals surface area (Å²) < 4.78 is 4.98. The number of Topliss-reactive ketones (excluding diaryl/α,β-unsaturated/α-hetero) is 1. The van der Waals surface area contributed by atoms with Crippen molar-refractivity contribution in [3.05, 3.63) is 0 Å². The van der Waals surface area contributed by atoms with E-state index in [-0.39, 0.29) is 17.3 Å². The summed E-state index contributed by atoms with van der Waals surface area (Å²) >= 11 is 0. The number of ketones is 1. The van der Waals surface area contributed by atoms with E-state index in [0.29, 0.717) is 35.4 Å². The Morgan fingerprint density at radius 3 is 2.73 bits per heavy atom. The topological polar surface area (TPSA) is 43.4 Å². The maximum atomic E-state index is 11.9. The van der Waals surface area contributed by atoms with Gasteiger partial charge in [-0.1, -0.05) is 0 Å². The molecule has 8 atom stereocenters. The molecule has 6 aliphatic carbocycles. The number of hydrogen-bond donors (Lipinski definition) is 0. The van der Waals surface area contributed by atoms with E-state index in [1.165, 1.54) is 7.11 Å². The first-order chi connectivity index (χ1) is 7.24. The molecule has 15 heavy (non-hydrogen) atoms. The van der Waals surface area contributed by atoms with Gasteiger partial charge < -0.3 is 4.74 Å². The van der Waals surface area contributed by atoms with E-state index in [9.17, 15) is 9.59 Å². The highest BCUT2D eigenvalue weighted by molar-refractivity contribution is 5.95. The Morgan fingerprint density at radius 1 is 1.33 bits per heavy atom. The average molecular weight is 204 g/mol. The van der Waals surface area contributed by atoms with Crippen LogP contribution < -0.4 is 0 Å². The van der Waals surface area contributed by atoms with Gasteiger partial charge in [0.25, 0.3) is 0 Å². The van der Waals surface area contributed by atoms with Crippen LogP contribution in [0.3, 0.4) is 0 Å². The molecule has 0 N–H and O–H groups in total. The van der Waals surface area contributed by atoms with Crippen molar-refractivity contribution >= 4 is 11.8 Å². The molecule has 0 heterocycles. The molecule has 6 aliphatic rings. The molecule has 6 fully saturated rings. The normalized spacial score (nSPS) is 69.4. The van der Waals surface area contributed by atoms with Gasteiger partial charge in [-0.05, 0) is 35.5 Å². The molecule has 0 aromatic heterocycles. The molecular formula is C12H12O3. The monoisotopic (exact) mass is 204 g/mol. The van der Waals surface area contributed by atoms with Crippen LogP contribution in [-0.4, -0.2) is 18.9 Å². The zero-order valence-corrected chi connectivity index (χ0v) is 8.47. The van der Waals surface area contributed by atoms with Gasteiger partial charge in [0.15, 0.2) is 0 Å². The molecule has 0 aromatic carbocycles. The summed E-state index contributed by atoms with van der Waals surface area (Å²) in [7, 11) is 1.49. The van der Waals surface area contributed by atoms with E-state index >= 15 is 0 Å². The lowest BCUT2D eigenvalue weighted by Gasteiger charge is -2.32. The summed E-state index contributed by atoms with van der Waals surface area (Å²) in [6.07, 6.45) is 0.766. The number of hydrogen-bond acceptors (Lipinski definition) is 3. The molecular weight excluding hydrogens is 192 g/mol. The van der Waals surface area contributed by atoms with Gasteiger partial charge >= 0.3 is 5.97 Å². The van der Waals surface area contributed by atoms with Crippen LogP contribution in [0.25, 0.3) is 0 Å². The molecule has 6 rings (SSSR count). The number of esters is 1. The third kappa shape index (κ3) is 0.436. The lowest BCUT2D eigenvalue weighted by atomic mass is 9.70. The Morgan fingerprint density at radius 2 is 2.13 bits per heavy atom. The minimum absolute atomic E-state index is 0.00491. The van der Waals surface area contributed by atoms with Crippen molar-refractivity contribution in [1.29, 1.82) is 0 Å². The van der Waals surface area contributed by atoms with E-state index in [1.54, 1.807) is 0 Å². The highest BCUT2D eigenvalue weighted by atomic mass is 16.5. The Kier molecular flexibility index (Phi) is 0.822. The molecule has 0 amide bonds.